The van der Waals surface area contributed by atoms with E-state index in [2.05, 4.69) is 5.32 Å². The van der Waals surface area contributed by atoms with Crippen LogP contribution in [-0.2, 0) is 24.7 Å². The molecule has 3 rings (SSSR count). The van der Waals surface area contributed by atoms with Gasteiger partial charge in [0.25, 0.3) is 0 Å². The summed E-state index contributed by atoms with van der Waals surface area (Å²) in [5, 5.41) is 2.92. The number of benzene rings is 2. The smallest absolute Gasteiger partial charge is 0.243 e. The van der Waals surface area contributed by atoms with Crippen molar-refractivity contribution in [3.63, 3.8) is 0 Å². The van der Waals surface area contributed by atoms with Gasteiger partial charge in [-0.05, 0) is 61.7 Å². The van der Waals surface area contributed by atoms with Gasteiger partial charge < -0.3 is 10.1 Å². The Morgan fingerprint density at radius 2 is 1.62 bits per heavy atom. The van der Waals surface area contributed by atoms with E-state index in [1.54, 1.807) is 24.3 Å². The molecule has 0 bridgehead atoms. The van der Waals surface area contributed by atoms with Gasteiger partial charge in [-0.2, -0.15) is 4.31 Å². The van der Waals surface area contributed by atoms with Crippen LogP contribution in [0.1, 0.15) is 31.4 Å². The Labute approximate surface area is 189 Å². The predicted molar refractivity (Wildman–Crippen MR) is 121 cm³/mol. The van der Waals surface area contributed by atoms with Gasteiger partial charge >= 0.3 is 0 Å². The summed E-state index contributed by atoms with van der Waals surface area (Å²) in [7, 11) is -5.49. The molecule has 1 N–H and O–H groups in total. The monoisotopic (exact) mass is 480 g/mol. The molecule has 2 aromatic carbocycles. The summed E-state index contributed by atoms with van der Waals surface area (Å²) >= 11 is 0. The highest BCUT2D eigenvalue weighted by molar-refractivity contribution is 7.90. The van der Waals surface area contributed by atoms with E-state index >= 15 is 0 Å². The summed E-state index contributed by atoms with van der Waals surface area (Å²) in [6.07, 6.45) is 2.33. The fraction of sp³-hybridized carbons (Fsp3) is 0.409. The molecule has 174 valence electrons. The van der Waals surface area contributed by atoms with Gasteiger partial charge in [0, 0.05) is 19.3 Å². The van der Waals surface area contributed by atoms with Crippen LogP contribution in [0.25, 0.3) is 0 Å². The maximum atomic E-state index is 13.0. The summed E-state index contributed by atoms with van der Waals surface area (Å²) in [6, 6.07) is 12.2. The first-order valence-corrected chi connectivity index (χ1v) is 13.6. The largest absolute Gasteiger partial charge is 0.497 e. The van der Waals surface area contributed by atoms with Crippen molar-refractivity contribution in [2.75, 3.05) is 26.5 Å². The van der Waals surface area contributed by atoms with E-state index in [0.717, 1.165) is 11.8 Å². The Morgan fingerprint density at radius 3 is 2.19 bits per heavy atom. The molecular formula is C22H28N2O6S2. The molecule has 0 aliphatic carbocycles. The zero-order chi connectivity index (χ0) is 23.5. The summed E-state index contributed by atoms with van der Waals surface area (Å²) in [5.74, 6) is -0.118. The highest BCUT2D eigenvalue weighted by Crippen LogP contribution is 2.26. The third kappa shape index (κ3) is 5.48. The second-order valence-corrected chi connectivity index (χ2v) is 11.9. The van der Waals surface area contributed by atoms with Crippen molar-refractivity contribution in [2.45, 2.75) is 35.6 Å². The Balaban J connectivity index is 1.67. The highest BCUT2D eigenvalue weighted by Gasteiger charge is 2.33. The van der Waals surface area contributed by atoms with E-state index in [1.165, 1.54) is 35.7 Å². The van der Waals surface area contributed by atoms with Crippen LogP contribution in [-0.4, -0.2) is 53.5 Å². The standard InChI is InChI=1S/C22H28N2O6S2/c1-16(17-6-10-20(11-7-17)31(3,26)27)23-22(25)18-5-4-14-24(15-18)32(28,29)21-12-8-19(30-2)9-13-21/h6-13,16,18H,4-5,14-15H2,1-3H3,(H,23,25). The van der Waals surface area contributed by atoms with Crippen molar-refractivity contribution in [1.29, 1.82) is 0 Å². The number of rotatable bonds is 7. The first-order chi connectivity index (χ1) is 15.0. The maximum absolute atomic E-state index is 13.0. The van der Waals surface area contributed by atoms with Crippen molar-refractivity contribution in [3.8, 4) is 5.75 Å². The molecule has 0 aromatic heterocycles. The minimum absolute atomic E-state index is 0.111. The molecule has 0 spiro atoms. The zero-order valence-electron chi connectivity index (χ0n) is 18.3. The summed E-state index contributed by atoms with van der Waals surface area (Å²) in [6.45, 7) is 2.28. The van der Waals surface area contributed by atoms with Crippen molar-refractivity contribution in [1.82, 2.24) is 9.62 Å². The Hall–Kier alpha value is -2.43. The van der Waals surface area contributed by atoms with Crippen LogP contribution in [0.2, 0.25) is 0 Å². The molecule has 2 unspecified atom stereocenters. The van der Waals surface area contributed by atoms with E-state index in [1.807, 2.05) is 6.92 Å². The van der Waals surface area contributed by atoms with Gasteiger partial charge in [-0.1, -0.05) is 12.1 Å². The molecule has 0 saturated carbocycles. The van der Waals surface area contributed by atoms with Crippen molar-refractivity contribution in [3.05, 3.63) is 54.1 Å². The average Bonchev–Trinajstić information content (AvgIpc) is 2.78. The Kier molecular flexibility index (Phi) is 7.26. The lowest BCUT2D eigenvalue weighted by molar-refractivity contribution is -0.126. The van der Waals surface area contributed by atoms with Crippen LogP contribution in [0.4, 0.5) is 0 Å². The number of ether oxygens (including phenoxy) is 1. The van der Waals surface area contributed by atoms with Crippen LogP contribution in [0.5, 0.6) is 5.75 Å². The van der Waals surface area contributed by atoms with E-state index in [-0.39, 0.29) is 28.3 Å². The molecule has 32 heavy (non-hydrogen) atoms. The van der Waals surface area contributed by atoms with Crippen molar-refractivity contribution < 1.29 is 26.4 Å². The number of nitrogens with one attached hydrogen (secondary N) is 1. The van der Waals surface area contributed by atoms with Gasteiger partial charge in [0.1, 0.15) is 5.75 Å². The SMILES string of the molecule is COc1ccc(S(=O)(=O)N2CCCC(C(=O)NC(C)c3ccc(S(C)(=O)=O)cc3)C2)cc1. The fourth-order valence-electron chi connectivity index (χ4n) is 3.69. The van der Waals surface area contributed by atoms with Crippen LogP contribution in [0.3, 0.4) is 0 Å². The average molecular weight is 481 g/mol. The molecule has 0 radical (unpaired) electrons. The normalized spacial score (nSPS) is 18.7. The van der Waals surface area contributed by atoms with Crippen molar-refractivity contribution >= 4 is 25.8 Å². The van der Waals surface area contributed by atoms with Crippen LogP contribution in [0.15, 0.2) is 58.3 Å². The van der Waals surface area contributed by atoms with Gasteiger partial charge in [0.05, 0.1) is 28.9 Å². The van der Waals surface area contributed by atoms with E-state index in [9.17, 15) is 21.6 Å². The van der Waals surface area contributed by atoms with Crippen LogP contribution in [0, 0.1) is 5.92 Å². The molecule has 10 heteroatoms. The lowest BCUT2D eigenvalue weighted by Gasteiger charge is -2.32. The number of amides is 1. The number of nitrogens with zero attached hydrogens (tertiary/aromatic N) is 1. The fourth-order valence-corrected chi connectivity index (χ4v) is 5.84. The number of hydrogen-bond acceptors (Lipinski definition) is 6. The Bertz CT molecular complexity index is 1160. The first kappa shape index (κ1) is 24.2. The summed E-state index contributed by atoms with van der Waals surface area (Å²) < 4.78 is 55.7. The third-order valence-corrected chi connectivity index (χ3v) is 8.63. The molecule has 1 aliphatic heterocycles. The second-order valence-electron chi connectivity index (χ2n) is 7.95. The molecule has 2 aromatic rings. The van der Waals surface area contributed by atoms with Gasteiger partial charge in [-0.25, -0.2) is 16.8 Å². The summed E-state index contributed by atoms with van der Waals surface area (Å²) in [4.78, 5) is 13.2. The maximum Gasteiger partial charge on any atom is 0.243 e. The number of methoxy groups -OCH3 is 1. The van der Waals surface area contributed by atoms with Gasteiger partial charge in [-0.15, -0.1) is 0 Å². The highest BCUT2D eigenvalue weighted by atomic mass is 32.2. The second kappa shape index (κ2) is 9.60. The number of carbonyl (C=O) groups excluding carboxylic acids is 1. The molecule has 1 aliphatic rings. The third-order valence-electron chi connectivity index (χ3n) is 5.62. The topological polar surface area (TPSA) is 110 Å². The first-order valence-electron chi connectivity index (χ1n) is 10.3. The van der Waals surface area contributed by atoms with Crippen LogP contribution < -0.4 is 10.1 Å². The molecule has 2 atom stereocenters. The number of sulfone groups is 1. The number of sulfonamides is 1. The van der Waals surface area contributed by atoms with E-state index in [4.69, 9.17) is 4.74 Å². The van der Waals surface area contributed by atoms with Gasteiger partial charge in [0.2, 0.25) is 15.9 Å². The molecule has 8 nitrogen and oxygen atoms in total. The molecular weight excluding hydrogens is 452 g/mol. The van der Waals surface area contributed by atoms with Gasteiger partial charge in [0.15, 0.2) is 9.84 Å². The lowest BCUT2D eigenvalue weighted by Crippen LogP contribution is -2.45. The lowest BCUT2D eigenvalue weighted by atomic mass is 9.98. The number of carbonyl (C=O) groups is 1. The van der Waals surface area contributed by atoms with E-state index in [0.29, 0.717) is 25.1 Å². The minimum atomic E-state index is -3.71. The predicted octanol–water partition coefficient (Wildman–Crippen LogP) is 2.38. The van der Waals surface area contributed by atoms with Crippen LogP contribution >= 0.6 is 0 Å². The van der Waals surface area contributed by atoms with Gasteiger partial charge in [-0.3, -0.25) is 4.79 Å². The number of hydrogen-bond donors (Lipinski definition) is 1. The zero-order valence-corrected chi connectivity index (χ0v) is 19.9. The molecule has 1 fully saturated rings. The van der Waals surface area contributed by atoms with Crippen molar-refractivity contribution in [2.24, 2.45) is 5.92 Å². The summed E-state index contributed by atoms with van der Waals surface area (Å²) in [5.41, 5.74) is 0.768. The molecule has 1 heterocycles. The molecule has 1 saturated heterocycles. The quantitative estimate of drug-likeness (QED) is 0.652. The Morgan fingerprint density at radius 1 is 1.03 bits per heavy atom. The van der Waals surface area contributed by atoms with E-state index < -0.39 is 25.8 Å². The molecule has 1 amide bonds. The number of piperidine rings is 1. The minimum Gasteiger partial charge on any atom is -0.497 e.